The minimum absolute atomic E-state index is 0.0765. The molecule has 0 amide bonds. The maximum Gasteiger partial charge on any atom is 0.333 e. The zero-order valence-electron chi connectivity index (χ0n) is 11.5. The molecule has 2 unspecified atom stereocenters. The maximum absolute atomic E-state index is 11.2. The normalized spacial score (nSPS) is 20.5. The van der Waals surface area contributed by atoms with Crippen LogP contribution in [0.3, 0.4) is 0 Å². The van der Waals surface area contributed by atoms with Gasteiger partial charge in [-0.3, -0.25) is 10.1 Å². The molecular formula is C12H20N4O3. The Morgan fingerprint density at radius 3 is 2.95 bits per heavy atom. The molecule has 1 fully saturated rings. The molecule has 1 aliphatic rings. The number of rotatable bonds is 5. The van der Waals surface area contributed by atoms with Crippen molar-refractivity contribution in [2.75, 3.05) is 18.5 Å². The first kappa shape index (κ1) is 13.8. The van der Waals surface area contributed by atoms with Crippen molar-refractivity contribution in [3.63, 3.8) is 0 Å². The molecule has 7 heteroatoms. The van der Waals surface area contributed by atoms with Gasteiger partial charge < -0.3 is 10.1 Å². The average Bonchev–Trinajstić information content (AvgIpc) is 2.96. The summed E-state index contributed by atoms with van der Waals surface area (Å²) in [4.78, 5) is 10.8. The second kappa shape index (κ2) is 5.56. The van der Waals surface area contributed by atoms with Crippen LogP contribution in [0, 0.1) is 23.0 Å². The highest BCUT2D eigenvalue weighted by atomic mass is 16.6. The second-order valence-corrected chi connectivity index (χ2v) is 4.91. The predicted molar refractivity (Wildman–Crippen MR) is 71.3 cm³/mol. The van der Waals surface area contributed by atoms with Gasteiger partial charge in [0.2, 0.25) is 5.82 Å². The van der Waals surface area contributed by atoms with Gasteiger partial charge in [-0.1, -0.05) is 0 Å². The van der Waals surface area contributed by atoms with Crippen molar-refractivity contribution >= 4 is 11.5 Å². The Labute approximate surface area is 112 Å². The largest absolute Gasteiger partial charge is 0.381 e. The van der Waals surface area contributed by atoms with Crippen molar-refractivity contribution in [1.29, 1.82) is 0 Å². The minimum Gasteiger partial charge on any atom is -0.381 e. The van der Waals surface area contributed by atoms with E-state index in [0.29, 0.717) is 30.6 Å². The molecule has 0 bridgehead atoms. The van der Waals surface area contributed by atoms with E-state index in [1.165, 1.54) is 0 Å². The Balaban J connectivity index is 2.24. The number of aryl methyl sites for hydroxylation is 2. The molecule has 1 aromatic heterocycles. The summed E-state index contributed by atoms with van der Waals surface area (Å²) >= 11 is 0. The van der Waals surface area contributed by atoms with Gasteiger partial charge in [0.05, 0.1) is 11.5 Å². The van der Waals surface area contributed by atoms with Crippen LogP contribution in [0.25, 0.3) is 0 Å². The van der Waals surface area contributed by atoms with Crippen LogP contribution in [-0.4, -0.2) is 34.0 Å². The van der Waals surface area contributed by atoms with E-state index < -0.39 is 0 Å². The van der Waals surface area contributed by atoms with E-state index in [1.807, 2.05) is 13.8 Å². The standard InChI is InChI=1S/C12H20N4O3/c1-4-15-12(11(16(17)18)9(3)14-15)13-8(2)10-5-6-19-7-10/h8,10,13H,4-7H2,1-3H3. The van der Waals surface area contributed by atoms with Crippen molar-refractivity contribution in [3.8, 4) is 0 Å². The van der Waals surface area contributed by atoms with Crippen LogP contribution in [0.5, 0.6) is 0 Å². The second-order valence-electron chi connectivity index (χ2n) is 4.91. The molecule has 1 saturated heterocycles. The third-order valence-corrected chi connectivity index (χ3v) is 3.61. The van der Waals surface area contributed by atoms with Crippen molar-refractivity contribution in [1.82, 2.24) is 9.78 Å². The van der Waals surface area contributed by atoms with E-state index in [4.69, 9.17) is 4.74 Å². The molecule has 19 heavy (non-hydrogen) atoms. The first-order chi connectivity index (χ1) is 9.04. The smallest absolute Gasteiger partial charge is 0.333 e. The van der Waals surface area contributed by atoms with E-state index in [0.717, 1.165) is 13.0 Å². The molecule has 2 heterocycles. The highest BCUT2D eigenvalue weighted by Gasteiger charge is 2.29. The van der Waals surface area contributed by atoms with Crippen LogP contribution in [0.2, 0.25) is 0 Å². The quantitative estimate of drug-likeness (QED) is 0.652. The molecule has 2 atom stereocenters. The van der Waals surface area contributed by atoms with Gasteiger partial charge in [-0.15, -0.1) is 0 Å². The fraction of sp³-hybridized carbons (Fsp3) is 0.750. The Morgan fingerprint density at radius 1 is 1.68 bits per heavy atom. The lowest BCUT2D eigenvalue weighted by Crippen LogP contribution is -2.27. The van der Waals surface area contributed by atoms with E-state index in [-0.39, 0.29) is 16.7 Å². The lowest BCUT2D eigenvalue weighted by molar-refractivity contribution is -0.384. The highest BCUT2D eigenvalue weighted by molar-refractivity contribution is 5.60. The summed E-state index contributed by atoms with van der Waals surface area (Å²) in [7, 11) is 0. The Hall–Kier alpha value is -1.63. The van der Waals surface area contributed by atoms with Crippen LogP contribution in [-0.2, 0) is 11.3 Å². The molecule has 0 saturated carbocycles. The van der Waals surface area contributed by atoms with Gasteiger partial charge >= 0.3 is 5.69 Å². The van der Waals surface area contributed by atoms with Gasteiger partial charge in [-0.2, -0.15) is 5.10 Å². The van der Waals surface area contributed by atoms with Crippen LogP contribution in [0.4, 0.5) is 11.5 Å². The fourth-order valence-electron chi connectivity index (χ4n) is 2.44. The highest BCUT2D eigenvalue weighted by Crippen LogP contribution is 2.30. The fourth-order valence-corrected chi connectivity index (χ4v) is 2.44. The number of nitrogens with zero attached hydrogens (tertiary/aromatic N) is 3. The van der Waals surface area contributed by atoms with Crippen molar-refractivity contribution in [3.05, 3.63) is 15.8 Å². The maximum atomic E-state index is 11.2. The van der Waals surface area contributed by atoms with E-state index in [2.05, 4.69) is 10.4 Å². The van der Waals surface area contributed by atoms with E-state index in [9.17, 15) is 10.1 Å². The molecule has 106 valence electrons. The van der Waals surface area contributed by atoms with Gasteiger partial charge in [0, 0.05) is 25.1 Å². The molecule has 0 aromatic carbocycles. The van der Waals surface area contributed by atoms with Crippen LogP contribution in [0.15, 0.2) is 0 Å². The van der Waals surface area contributed by atoms with Crippen LogP contribution >= 0.6 is 0 Å². The Morgan fingerprint density at radius 2 is 2.42 bits per heavy atom. The molecule has 2 rings (SSSR count). The molecular weight excluding hydrogens is 248 g/mol. The zero-order valence-corrected chi connectivity index (χ0v) is 11.5. The Bertz CT molecular complexity index is 466. The first-order valence-corrected chi connectivity index (χ1v) is 6.60. The Kier molecular flexibility index (Phi) is 4.04. The molecule has 7 nitrogen and oxygen atoms in total. The molecule has 0 aliphatic carbocycles. The predicted octanol–water partition coefficient (Wildman–Crippen LogP) is 1.96. The number of anilines is 1. The van der Waals surface area contributed by atoms with E-state index >= 15 is 0 Å². The first-order valence-electron chi connectivity index (χ1n) is 6.60. The number of aromatic nitrogens is 2. The van der Waals surface area contributed by atoms with Gasteiger partial charge in [-0.25, -0.2) is 4.68 Å². The summed E-state index contributed by atoms with van der Waals surface area (Å²) in [6, 6.07) is 0.127. The van der Waals surface area contributed by atoms with Gasteiger partial charge in [0.25, 0.3) is 0 Å². The number of nitrogens with one attached hydrogen (secondary N) is 1. The van der Waals surface area contributed by atoms with Gasteiger partial charge in [0.15, 0.2) is 0 Å². The summed E-state index contributed by atoms with van der Waals surface area (Å²) < 4.78 is 7.01. The topological polar surface area (TPSA) is 82.2 Å². The third kappa shape index (κ3) is 2.70. The average molecular weight is 268 g/mol. The van der Waals surface area contributed by atoms with Gasteiger partial charge in [-0.05, 0) is 27.2 Å². The van der Waals surface area contributed by atoms with Crippen molar-refractivity contribution < 1.29 is 9.66 Å². The molecule has 1 aliphatic heterocycles. The molecule has 0 spiro atoms. The summed E-state index contributed by atoms with van der Waals surface area (Å²) in [6.07, 6.45) is 0.987. The van der Waals surface area contributed by atoms with Crippen molar-refractivity contribution in [2.24, 2.45) is 5.92 Å². The zero-order chi connectivity index (χ0) is 14.0. The van der Waals surface area contributed by atoms with E-state index in [1.54, 1.807) is 11.6 Å². The lowest BCUT2D eigenvalue weighted by atomic mass is 10.0. The molecule has 1 N–H and O–H groups in total. The summed E-state index contributed by atoms with van der Waals surface area (Å²) in [5.74, 6) is 0.893. The van der Waals surface area contributed by atoms with Crippen LogP contribution < -0.4 is 5.32 Å². The summed E-state index contributed by atoms with van der Waals surface area (Å²) in [6.45, 7) is 7.70. The third-order valence-electron chi connectivity index (χ3n) is 3.61. The number of hydrogen-bond donors (Lipinski definition) is 1. The SMILES string of the molecule is CCn1nc(C)c([N+](=O)[O-])c1NC(C)C1CCOC1. The van der Waals surface area contributed by atoms with Crippen molar-refractivity contribution in [2.45, 2.75) is 39.8 Å². The van der Waals surface area contributed by atoms with Crippen LogP contribution in [0.1, 0.15) is 26.0 Å². The molecule has 0 radical (unpaired) electrons. The minimum atomic E-state index is -0.366. The number of nitro groups is 1. The molecule has 1 aromatic rings. The van der Waals surface area contributed by atoms with Gasteiger partial charge in [0.1, 0.15) is 5.69 Å². The monoisotopic (exact) mass is 268 g/mol. The number of ether oxygens (including phenoxy) is 1. The summed E-state index contributed by atoms with van der Waals surface area (Å²) in [5, 5.41) is 18.6. The lowest BCUT2D eigenvalue weighted by Gasteiger charge is -2.20. The summed E-state index contributed by atoms with van der Waals surface area (Å²) in [5.41, 5.74) is 0.525. The number of hydrogen-bond acceptors (Lipinski definition) is 5.